The molecule has 5 rings (SSSR count). The van der Waals surface area contributed by atoms with Crippen molar-refractivity contribution < 1.29 is 0 Å². The van der Waals surface area contributed by atoms with Gasteiger partial charge in [-0.25, -0.2) is 9.97 Å². The number of rotatable bonds is 6. The second kappa shape index (κ2) is 8.24. The van der Waals surface area contributed by atoms with Crippen molar-refractivity contribution in [1.82, 2.24) is 24.9 Å². The van der Waals surface area contributed by atoms with E-state index in [1.54, 1.807) is 10.7 Å². The third-order valence-corrected chi connectivity index (χ3v) is 5.58. The zero-order valence-electron chi connectivity index (χ0n) is 17.7. The van der Waals surface area contributed by atoms with Crippen LogP contribution in [-0.4, -0.2) is 31.6 Å². The number of benzene rings is 2. The van der Waals surface area contributed by atoms with E-state index in [-0.39, 0.29) is 5.92 Å². The van der Waals surface area contributed by atoms with Crippen LogP contribution in [0.25, 0.3) is 16.9 Å². The molecule has 32 heavy (non-hydrogen) atoms. The number of hydrogen-bond donors (Lipinski definition) is 3. The van der Waals surface area contributed by atoms with E-state index >= 15 is 0 Å². The second-order valence-corrected chi connectivity index (χ2v) is 7.89. The molecular formula is C24H24N8. The first-order chi connectivity index (χ1) is 15.6. The highest BCUT2D eigenvalue weighted by atomic mass is 15.4. The van der Waals surface area contributed by atoms with Crippen molar-refractivity contribution in [1.29, 1.82) is 0 Å². The van der Waals surface area contributed by atoms with Crippen LogP contribution < -0.4 is 16.4 Å². The highest BCUT2D eigenvalue weighted by molar-refractivity contribution is 5.75. The van der Waals surface area contributed by atoms with Crippen LogP contribution in [0.5, 0.6) is 0 Å². The van der Waals surface area contributed by atoms with Gasteiger partial charge in [0.1, 0.15) is 12.1 Å². The van der Waals surface area contributed by atoms with E-state index < -0.39 is 5.79 Å². The Morgan fingerprint density at radius 2 is 1.84 bits per heavy atom. The van der Waals surface area contributed by atoms with Crippen molar-refractivity contribution in [3.05, 3.63) is 90.5 Å². The van der Waals surface area contributed by atoms with Gasteiger partial charge >= 0.3 is 0 Å². The van der Waals surface area contributed by atoms with Crippen LogP contribution >= 0.6 is 0 Å². The molecule has 0 amide bonds. The number of fused-ring (bicyclic) bond motifs is 1. The van der Waals surface area contributed by atoms with Gasteiger partial charge < -0.3 is 10.6 Å². The van der Waals surface area contributed by atoms with Crippen LogP contribution in [0.4, 0.5) is 5.95 Å². The predicted octanol–water partition coefficient (Wildman–Crippen LogP) is 3.21. The summed E-state index contributed by atoms with van der Waals surface area (Å²) in [5.41, 5.74) is 10.4. The molecule has 1 unspecified atom stereocenters. The largest absolute Gasteiger partial charge is 0.335 e. The maximum absolute atomic E-state index is 6.66. The summed E-state index contributed by atoms with van der Waals surface area (Å²) in [5, 5.41) is 11.0. The van der Waals surface area contributed by atoms with Crippen molar-refractivity contribution in [2.24, 2.45) is 16.6 Å². The molecule has 1 aliphatic rings. The number of nitrogens with two attached hydrogens (primary N) is 1. The standard InChI is InChI=1S/C24H24N8/c1-17(14-18-8-4-2-5-9-18)24(25)27-13-12-21(31-24)30-23-29-20(19-10-6-3-7-11-19)15-22-26-16-28-32(22)23/h2-13,15-17,31H,14,25H2,1H3,(H,29,30)/t17?,24-/m0/s1. The Hall–Kier alpha value is -4.04. The molecule has 1 aliphatic heterocycles. The first kappa shape index (κ1) is 19.9. The number of aromatic nitrogens is 4. The lowest BCUT2D eigenvalue weighted by Crippen LogP contribution is -2.58. The molecule has 4 aromatic rings. The number of allylic oxidation sites excluding steroid dienone is 1. The fourth-order valence-corrected chi connectivity index (χ4v) is 3.76. The number of aliphatic imine (C=N–C) groups is 1. The molecule has 8 heteroatoms. The fraction of sp³-hybridized carbons (Fsp3) is 0.167. The Morgan fingerprint density at radius 3 is 2.62 bits per heavy atom. The van der Waals surface area contributed by atoms with Gasteiger partial charge in [0.25, 0.3) is 0 Å². The van der Waals surface area contributed by atoms with Crippen LogP contribution in [0, 0.1) is 5.92 Å². The molecule has 0 bridgehead atoms. The first-order valence-electron chi connectivity index (χ1n) is 10.5. The third-order valence-electron chi connectivity index (χ3n) is 5.58. The summed E-state index contributed by atoms with van der Waals surface area (Å²) in [6.45, 7) is 2.09. The molecule has 2 aromatic carbocycles. The summed E-state index contributed by atoms with van der Waals surface area (Å²) in [4.78, 5) is 13.7. The van der Waals surface area contributed by atoms with Crippen molar-refractivity contribution in [3.8, 4) is 11.3 Å². The minimum absolute atomic E-state index is 0.0432. The van der Waals surface area contributed by atoms with Gasteiger partial charge in [-0.2, -0.15) is 9.61 Å². The predicted molar refractivity (Wildman–Crippen MR) is 126 cm³/mol. The van der Waals surface area contributed by atoms with E-state index in [4.69, 9.17) is 10.7 Å². The quantitative estimate of drug-likeness (QED) is 0.439. The second-order valence-electron chi connectivity index (χ2n) is 7.89. The van der Waals surface area contributed by atoms with Crippen molar-refractivity contribution in [2.75, 3.05) is 5.32 Å². The van der Waals surface area contributed by atoms with Gasteiger partial charge in [0.15, 0.2) is 11.4 Å². The molecule has 0 fully saturated rings. The van der Waals surface area contributed by atoms with Crippen LogP contribution in [-0.2, 0) is 6.42 Å². The lowest BCUT2D eigenvalue weighted by molar-refractivity contribution is 0.257. The molecule has 4 N–H and O–H groups in total. The maximum Gasteiger partial charge on any atom is 0.232 e. The zero-order valence-corrected chi connectivity index (χ0v) is 17.7. The molecule has 0 spiro atoms. The lowest BCUT2D eigenvalue weighted by Gasteiger charge is -2.36. The van der Waals surface area contributed by atoms with E-state index in [0.29, 0.717) is 17.4 Å². The van der Waals surface area contributed by atoms with Crippen LogP contribution in [0.2, 0.25) is 0 Å². The summed E-state index contributed by atoms with van der Waals surface area (Å²) < 4.78 is 1.66. The van der Waals surface area contributed by atoms with Gasteiger partial charge in [-0.3, -0.25) is 10.7 Å². The van der Waals surface area contributed by atoms with Gasteiger partial charge in [0, 0.05) is 23.8 Å². The minimum Gasteiger partial charge on any atom is -0.335 e. The topological polar surface area (TPSA) is 106 Å². The summed E-state index contributed by atoms with van der Waals surface area (Å²) in [7, 11) is 0. The van der Waals surface area contributed by atoms with Crippen LogP contribution in [0.3, 0.4) is 0 Å². The molecule has 2 aromatic heterocycles. The van der Waals surface area contributed by atoms with Crippen molar-refractivity contribution in [3.63, 3.8) is 0 Å². The maximum atomic E-state index is 6.66. The molecule has 160 valence electrons. The average Bonchev–Trinajstić information content (AvgIpc) is 3.30. The number of hydrogen-bond acceptors (Lipinski definition) is 7. The van der Waals surface area contributed by atoms with E-state index in [0.717, 1.165) is 17.7 Å². The van der Waals surface area contributed by atoms with Gasteiger partial charge in [0.2, 0.25) is 5.95 Å². The monoisotopic (exact) mass is 424 g/mol. The Morgan fingerprint density at radius 1 is 1.09 bits per heavy atom. The molecular weight excluding hydrogens is 400 g/mol. The van der Waals surface area contributed by atoms with Gasteiger partial charge in [-0.1, -0.05) is 67.6 Å². The van der Waals surface area contributed by atoms with E-state index in [1.165, 1.54) is 11.9 Å². The fourth-order valence-electron chi connectivity index (χ4n) is 3.76. The van der Waals surface area contributed by atoms with Gasteiger partial charge in [-0.15, -0.1) is 0 Å². The van der Waals surface area contributed by atoms with Gasteiger partial charge in [-0.05, 0) is 18.1 Å². The molecule has 8 nitrogen and oxygen atoms in total. The van der Waals surface area contributed by atoms with Crippen molar-refractivity contribution >= 4 is 17.8 Å². The van der Waals surface area contributed by atoms with Gasteiger partial charge in [0.05, 0.1) is 5.69 Å². The first-order valence-corrected chi connectivity index (χ1v) is 10.5. The van der Waals surface area contributed by atoms with Crippen molar-refractivity contribution in [2.45, 2.75) is 19.1 Å². The Labute approximate surface area is 185 Å². The SMILES string of the molecule is CC(Cc1ccccc1)[C@]1(N)N=CC=C(Nc2nc(-c3ccccc3)cc3ncnn23)N1. The number of anilines is 1. The van der Waals surface area contributed by atoms with E-state index in [9.17, 15) is 0 Å². The molecule has 2 atom stereocenters. The van der Waals surface area contributed by atoms with E-state index in [1.807, 2.05) is 60.7 Å². The number of nitrogens with one attached hydrogen (secondary N) is 2. The smallest absolute Gasteiger partial charge is 0.232 e. The highest BCUT2D eigenvalue weighted by Crippen LogP contribution is 2.24. The number of nitrogens with zero attached hydrogens (tertiary/aromatic N) is 5. The molecule has 3 heterocycles. The summed E-state index contributed by atoms with van der Waals surface area (Å²) in [6.07, 6.45) is 5.86. The Balaban J connectivity index is 1.40. The highest BCUT2D eigenvalue weighted by Gasteiger charge is 2.33. The van der Waals surface area contributed by atoms with E-state index in [2.05, 4.69) is 44.8 Å². The molecule has 0 saturated carbocycles. The summed E-state index contributed by atoms with van der Waals surface area (Å²) >= 11 is 0. The summed E-state index contributed by atoms with van der Waals surface area (Å²) in [5.74, 6) is 0.315. The zero-order chi connectivity index (χ0) is 22.0. The molecule has 0 radical (unpaired) electrons. The third kappa shape index (κ3) is 3.95. The normalized spacial score (nSPS) is 18.8. The Kier molecular flexibility index (Phi) is 5.12. The minimum atomic E-state index is -0.953. The molecule has 0 saturated heterocycles. The van der Waals surface area contributed by atoms with Crippen LogP contribution in [0.15, 0.2) is 89.9 Å². The average molecular weight is 425 g/mol. The summed E-state index contributed by atoms with van der Waals surface area (Å²) in [6, 6.07) is 22.2. The lowest BCUT2D eigenvalue weighted by atomic mass is 9.94. The Bertz CT molecular complexity index is 1280. The molecule has 0 aliphatic carbocycles. The van der Waals surface area contributed by atoms with Crippen LogP contribution in [0.1, 0.15) is 12.5 Å².